The number of benzene rings is 2. The molecule has 2 aromatic carbocycles. The standard InChI is InChI=1S/C16H16N2O4.C2H6/c19-15(13-4-2-1-3-5-13)16(20)17-11-10-12-6-8-14(9-7-12)18(21)22;1-2/h1-9,15,19H,10-11H2,(H,17,20);1-2H3. The number of rotatable bonds is 6. The fourth-order valence-corrected chi connectivity index (χ4v) is 2.00. The van der Waals surface area contributed by atoms with Crippen molar-refractivity contribution in [3.63, 3.8) is 0 Å². The second-order valence-electron chi connectivity index (χ2n) is 4.78. The van der Waals surface area contributed by atoms with Gasteiger partial charge in [0.15, 0.2) is 6.10 Å². The molecule has 6 heteroatoms. The molecule has 0 saturated carbocycles. The van der Waals surface area contributed by atoms with E-state index in [-0.39, 0.29) is 5.69 Å². The van der Waals surface area contributed by atoms with Gasteiger partial charge in [-0.1, -0.05) is 56.3 Å². The Kier molecular flexibility index (Phi) is 8.15. The Morgan fingerprint density at radius 1 is 1.12 bits per heavy atom. The molecule has 2 rings (SSSR count). The molecular weight excluding hydrogens is 308 g/mol. The van der Waals surface area contributed by atoms with Crippen molar-refractivity contribution < 1.29 is 14.8 Å². The van der Waals surface area contributed by atoms with Crippen molar-refractivity contribution in [2.75, 3.05) is 6.54 Å². The maximum Gasteiger partial charge on any atom is 0.269 e. The SMILES string of the molecule is CC.O=C(NCCc1ccc([N+](=O)[O-])cc1)C(O)c1ccccc1. The third-order valence-corrected chi connectivity index (χ3v) is 3.22. The lowest BCUT2D eigenvalue weighted by molar-refractivity contribution is -0.384. The predicted octanol–water partition coefficient (Wildman–Crippen LogP) is 3.01. The third-order valence-electron chi connectivity index (χ3n) is 3.22. The number of carbonyl (C=O) groups excluding carboxylic acids is 1. The summed E-state index contributed by atoms with van der Waals surface area (Å²) in [6.45, 7) is 4.35. The molecule has 2 aromatic rings. The summed E-state index contributed by atoms with van der Waals surface area (Å²) in [7, 11) is 0. The fraction of sp³-hybridized carbons (Fsp3) is 0.278. The number of hydrogen-bond acceptors (Lipinski definition) is 4. The molecule has 0 aliphatic rings. The fourth-order valence-electron chi connectivity index (χ4n) is 2.00. The van der Waals surface area contributed by atoms with Gasteiger partial charge in [0.2, 0.25) is 0 Å². The van der Waals surface area contributed by atoms with Crippen molar-refractivity contribution in [1.82, 2.24) is 5.32 Å². The van der Waals surface area contributed by atoms with E-state index in [1.165, 1.54) is 12.1 Å². The van der Waals surface area contributed by atoms with Gasteiger partial charge in [-0.2, -0.15) is 0 Å². The monoisotopic (exact) mass is 330 g/mol. The molecule has 128 valence electrons. The minimum atomic E-state index is -1.20. The van der Waals surface area contributed by atoms with Gasteiger partial charge in [-0.15, -0.1) is 0 Å². The topological polar surface area (TPSA) is 92.5 Å². The van der Waals surface area contributed by atoms with Crippen molar-refractivity contribution >= 4 is 11.6 Å². The van der Waals surface area contributed by atoms with E-state index in [0.717, 1.165) is 5.56 Å². The van der Waals surface area contributed by atoms with Crippen LogP contribution >= 0.6 is 0 Å². The van der Waals surface area contributed by atoms with Crippen LogP contribution in [0.2, 0.25) is 0 Å². The summed E-state index contributed by atoms with van der Waals surface area (Å²) in [4.78, 5) is 21.9. The van der Waals surface area contributed by atoms with E-state index in [9.17, 15) is 20.0 Å². The molecule has 1 amide bonds. The molecule has 0 fully saturated rings. The van der Waals surface area contributed by atoms with E-state index in [0.29, 0.717) is 18.5 Å². The zero-order valence-corrected chi connectivity index (χ0v) is 13.8. The first kappa shape index (κ1) is 19.3. The van der Waals surface area contributed by atoms with E-state index in [1.807, 2.05) is 19.9 Å². The number of hydrogen-bond donors (Lipinski definition) is 2. The molecule has 1 atom stereocenters. The lowest BCUT2D eigenvalue weighted by Crippen LogP contribution is -2.30. The molecule has 0 spiro atoms. The Bertz CT molecular complexity index is 642. The number of nitrogens with one attached hydrogen (secondary N) is 1. The highest BCUT2D eigenvalue weighted by Crippen LogP contribution is 2.13. The average molecular weight is 330 g/mol. The summed E-state index contributed by atoms with van der Waals surface area (Å²) in [5.41, 5.74) is 1.45. The van der Waals surface area contributed by atoms with Gasteiger partial charge in [-0.25, -0.2) is 0 Å². The van der Waals surface area contributed by atoms with Gasteiger partial charge in [-0.3, -0.25) is 14.9 Å². The summed E-state index contributed by atoms with van der Waals surface area (Å²) in [6.07, 6.45) is -0.663. The molecule has 2 N–H and O–H groups in total. The molecule has 0 radical (unpaired) electrons. The Labute approximate surface area is 141 Å². The van der Waals surface area contributed by atoms with Gasteiger partial charge in [0, 0.05) is 18.7 Å². The number of aliphatic hydroxyl groups is 1. The highest BCUT2D eigenvalue weighted by Gasteiger charge is 2.16. The van der Waals surface area contributed by atoms with Gasteiger partial charge in [-0.05, 0) is 17.5 Å². The van der Waals surface area contributed by atoms with Gasteiger partial charge in [0.25, 0.3) is 11.6 Å². The summed E-state index contributed by atoms with van der Waals surface area (Å²) in [5.74, 6) is -0.465. The molecule has 0 bridgehead atoms. The first-order chi connectivity index (χ1) is 11.6. The maximum absolute atomic E-state index is 11.8. The maximum atomic E-state index is 11.8. The molecular formula is C18H22N2O4. The van der Waals surface area contributed by atoms with Crippen molar-refractivity contribution in [3.05, 3.63) is 75.8 Å². The number of carbonyl (C=O) groups is 1. The molecule has 0 heterocycles. The van der Waals surface area contributed by atoms with Crippen molar-refractivity contribution in [2.45, 2.75) is 26.4 Å². The Morgan fingerprint density at radius 2 is 1.71 bits per heavy atom. The molecule has 24 heavy (non-hydrogen) atoms. The van der Waals surface area contributed by atoms with Crippen LogP contribution in [0.15, 0.2) is 54.6 Å². The summed E-state index contributed by atoms with van der Waals surface area (Å²) >= 11 is 0. The molecule has 0 saturated heterocycles. The molecule has 0 aliphatic carbocycles. The van der Waals surface area contributed by atoms with Crippen molar-refractivity contribution in [1.29, 1.82) is 0 Å². The second kappa shape index (κ2) is 10.1. The average Bonchev–Trinajstić information content (AvgIpc) is 2.63. The lowest BCUT2D eigenvalue weighted by atomic mass is 10.1. The van der Waals surface area contributed by atoms with Gasteiger partial charge >= 0.3 is 0 Å². The van der Waals surface area contributed by atoms with Gasteiger partial charge in [0.05, 0.1) is 4.92 Å². The number of nitrogens with zero attached hydrogens (tertiary/aromatic N) is 1. The summed E-state index contributed by atoms with van der Waals surface area (Å²) in [5, 5.41) is 23.1. The van der Waals surface area contributed by atoms with Gasteiger partial charge < -0.3 is 10.4 Å². The molecule has 6 nitrogen and oxygen atoms in total. The normalized spacial score (nSPS) is 11.0. The van der Waals surface area contributed by atoms with Crippen LogP contribution in [0, 0.1) is 10.1 Å². The molecule has 1 unspecified atom stereocenters. The Morgan fingerprint density at radius 3 is 2.25 bits per heavy atom. The lowest BCUT2D eigenvalue weighted by Gasteiger charge is -2.11. The number of amides is 1. The van der Waals surface area contributed by atoms with Crippen LogP contribution < -0.4 is 5.32 Å². The van der Waals surface area contributed by atoms with Crippen LogP contribution in [0.4, 0.5) is 5.69 Å². The van der Waals surface area contributed by atoms with E-state index >= 15 is 0 Å². The minimum Gasteiger partial charge on any atom is -0.378 e. The largest absolute Gasteiger partial charge is 0.378 e. The molecule has 0 aromatic heterocycles. The van der Waals surface area contributed by atoms with Crippen LogP contribution in [0.5, 0.6) is 0 Å². The van der Waals surface area contributed by atoms with E-state index in [1.54, 1.807) is 36.4 Å². The highest BCUT2D eigenvalue weighted by molar-refractivity contribution is 5.81. The third kappa shape index (κ3) is 5.81. The quantitative estimate of drug-likeness (QED) is 0.629. The first-order valence-corrected chi connectivity index (χ1v) is 7.82. The smallest absolute Gasteiger partial charge is 0.269 e. The predicted molar refractivity (Wildman–Crippen MR) is 92.6 cm³/mol. The zero-order valence-electron chi connectivity index (χ0n) is 13.8. The van der Waals surface area contributed by atoms with Gasteiger partial charge in [0.1, 0.15) is 0 Å². The number of nitro groups is 1. The minimum absolute atomic E-state index is 0.0345. The van der Waals surface area contributed by atoms with E-state index in [4.69, 9.17) is 0 Å². The second-order valence-corrected chi connectivity index (χ2v) is 4.78. The zero-order chi connectivity index (χ0) is 17.9. The van der Waals surface area contributed by atoms with Crippen LogP contribution in [0.1, 0.15) is 31.1 Å². The summed E-state index contributed by atoms with van der Waals surface area (Å²) in [6, 6.07) is 14.8. The number of non-ortho nitro benzene ring substituents is 1. The molecule has 0 aliphatic heterocycles. The van der Waals surface area contributed by atoms with Crippen LogP contribution in [-0.4, -0.2) is 22.5 Å². The highest BCUT2D eigenvalue weighted by atomic mass is 16.6. The van der Waals surface area contributed by atoms with Crippen molar-refractivity contribution in [3.8, 4) is 0 Å². The first-order valence-electron chi connectivity index (χ1n) is 7.82. The Balaban J connectivity index is 0.00000139. The van der Waals surface area contributed by atoms with Crippen molar-refractivity contribution in [2.24, 2.45) is 0 Å². The van der Waals surface area contributed by atoms with Crippen LogP contribution in [0.25, 0.3) is 0 Å². The van der Waals surface area contributed by atoms with E-state index in [2.05, 4.69) is 5.32 Å². The van der Waals surface area contributed by atoms with Crippen LogP contribution in [0.3, 0.4) is 0 Å². The Hall–Kier alpha value is -2.73. The number of nitro benzene ring substituents is 1. The summed E-state index contributed by atoms with van der Waals surface area (Å²) < 4.78 is 0. The van der Waals surface area contributed by atoms with E-state index < -0.39 is 16.9 Å². The van der Waals surface area contributed by atoms with Crippen LogP contribution in [-0.2, 0) is 11.2 Å². The number of aliphatic hydroxyl groups excluding tert-OH is 1.